The normalized spacial score (nSPS) is 9.59. The Morgan fingerprint density at radius 3 is 1.76 bits per heavy atom. The fourth-order valence-corrected chi connectivity index (χ4v) is 5.52. The predicted molar refractivity (Wildman–Crippen MR) is 233 cm³/mol. The highest BCUT2D eigenvalue weighted by Crippen LogP contribution is 2.32. The lowest BCUT2D eigenvalue weighted by Crippen LogP contribution is -2.08. The van der Waals surface area contributed by atoms with Gasteiger partial charge in [0, 0.05) is 18.3 Å². The van der Waals surface area contributed by atoms with Crippen molar-refractivity contribution < 1.29 is 53.1 Å². The first kappa shape index (κ1) is 54.0. The standard InChI is InChI=1S/C9H10BrNO4.C7H5BrN2O2.C6H2Br2N2O.C6H6N2O.C6H4N2O.C5H4O2/c1-3-15-9(13)7-8(12)5(14-2)4-6(10)11-7;1-12-5-2-6(8)10-4(3-9)7(5)11;7-3-1-5(8)10-4(2-9)6(3)11;7-4-5(8)6-2-1-3-9-6;7-4-5-6(9)2-1-3-8-5;6-4-5-2-1-3-7-5/h4,12H,3H2,1-2H3;2,11H,1H3;1,11H;1-3,5H,8H2;1-3,9H;1-4H. The average molecular weight is 1120 g/mol. The zero-order valence-electron chi connectivity index (χ0n) is 32.6. The largest absolute Gasteiger partial charge is 0.505 e. The van der Waals surface area contributed by atoms with Gasteiger partial charge in [-0.2, -0.15) is 21.0 Å². The van der Waals surface area contributed by atoms with Gasteiger partial charge in [0.25, 0.3) is 0 Å². The number of nitriles is 4. The minimum atomic E-state index is -0.686. The monoisotopic (exact) mass is 1120 g/mol. The Hall–Kier alpha value is -7.06. The van der Waals surface area contributed by atoms with E-state index < -0.39 is 12.0 Å². The Kier molecular flexibility index (Phi) is 25.0. The van der Waals surface area contributed by atoms with E-state index in [0.29, 0.717) is 36.1 Å². The van der Waals surface area contributed by atoms with Gasteiger partial charge in [-0.25, -0.2) is 24.7 Å². The van der Waals surface area contributed by atoms with Crippen LogP contribution in [0.25, 0.3) is 0 Å². The second kappa shape index (κ2) is 29.2. The summed E-state index contributed by atoms with van der Waals surface area (Å²) >= 11 is 12.3. The number of rotatable bonds is 6. The molecule has 0 saturated carbocycles. The highest BCUT2D eigenvalue weighted by atomic mass is 79.9. The van der Waals surface area contributed by atoms with Gasteiger partial charge in [-0.1, -0.05) is 0 Å². The van der Waals surface area contributed by atoms with E-state index in [1.807, 2.05) is 6.07 Å². The van der Waals surface area contributed by atoms with E-state index in [-0.39, 0.29) is 63.9 Å². The molecule has 0 aliphatic heterocycles. The number of hydrogen-bond acceptors (Lipinski definition) is 20. The number of esters is 1. The smallest absolute Gasteiger partial charge is 0.361 e. The van der Waals surface area contributed by atoms with Crippen molar-refractivity contribution in [3.05, 3.63) is 126 Å². The van der Waals surface area contributed by atoms with Crippen molar-refractivity contribution in [2.24, 2.45) is 5.73 Å². The number of nitrogens with zero attached hydrogens (tertiary/aromatic N) is 8. The van der Waals surface area contributed by atoms with Gasteiger partial charge in [-0.05, 0) is 113 Å². The summed E-state index contributed by atoms with van der Waals surface area (Å²) in [6.45, 7) is 1.89. The molecule has 0 bridgehead atoms. The molecule has 1 unspecified atom stereocenters. The van der Waals surface area contributed by atoms with Gasteiger partial charge in [0.05, 0.1) is 43.9 Å². The van der Waals surface area contributed by atoms with Crippen LogP contribution >= 0.6 is 63.7 Å². The number of ether oxygens (including phenoxy) is 3. The first-order valence-electron chi connectivity index (χ1n) is 16.7. The fraction of sp³-hybridized carbons (Fsp3) is 0.128. The lowest BCUT2D eigenvalue weighted by molar-refractivity contribution is 0.0514. The molecule has 0 fully saturated rings. The Morgan fingerprint density at radius 2 is 1.32 bits per heavy atom. The number of furan rings is 2. The van der Waals surface area contributed by atoms with E-state index >= 15 is 0 Å². The Balaban J connectivity index is 0.000000384. The van der Waals surface area contributed by atoms with Gasteiger partial charge >= 0.3 is 5.97 Å². The number of methoxy groups -OCH3 is 2. The van der Waals surface area contributed by atoms with E-state index in [1.165, 1.54) is 51.1 Å². The maximum atomic E-state index is 11.4. The first-order valence-corrected chi connectivity index (χ1v) is 19.8. The molecule has 0 aliphatic carbocycles. The van der Waals surface area contributed by atoms with Gasteiger partial charge in [0.1, 0.15) is 37.8 Å². The molecule has 0 spiro atoms. The Labute approximate surface area is 391 Å². The minimum absolute atomic E-state index is 0.00579. The number of nitrogens with two attached hydrogens (primary N) is 1. The van der Waals surface area contributed by atoms with Crippen molar-refractivity contribution in [1.82, 2.24) is 19.9 Å². The quantitative estimate of drug-likeness (QED) is 0.0600. The van der Waals surface area contributed by atoms with Crippen molar-refractivity contribution >= 4 is 76.0 Å². The molecule has 1 atom stereocenters. The number of pyridine rings is 4. The summed E-state index contributed by atoms with van der Waals surface area (Å²) in [5, 5.41) is 70.4. The molecule has 6 aromatic rings. The van der Waals surface area contributed by atoms with Gasteiger partial charge < -0.3 is 49.2 Å². The van der Waals surface area contributed by atoms with Crippen molar-refractivity contribution in [3.63, 3.8) is 0 Å². The molecule has 6 aromatic heterocycles. The number of aromatic nitrogens is 4. The van der Waals surface area contributed by atoms with Crippen LogP contribution in [0.4, 0.5) is 0 Å². The molecule has 6 heterocycles. The average Bonchev–Trinajstić information content (AvgIpc) is 4.03. The van der Waals surface area contributed by atoms with Gasteiger partial charge in [0.2, 0.25) is 0 Å². The summed E-state index contributed by atoms with van der Waals surface area (Å²) < 4.78 is 25.7. The lowest BCUT2D eigenvalue weighted by Gasteiger charge is -2.07. The molecule has 6 rings (SSSR count). The van der Waals surface area contributed by atoms with E-state index in [2.05, 4.69) is 88.1 Å². The third-order valence-electron chi connectivity index (χ3n) is 6.43. The van der Waals surface area contributed by atoms with Crippen LogP contribution in [0, 0.1) is 45.3 Å². The number of carbonyl (C=O) groups is 2. The molecule has 20 nitrogen and oxygen atoms in total. The van der Waals surface area contributed by atoms with Crippen LogP contribution in [0.15, 0.2) is 100 Å². The van der Waals surface area contributed by atoms with Crippen molar-refractivity contribution in [1.29, 1.82) is 21.0 Å². The topological polar surface area (TPSA) is 342 Å². The number of halogens is 4. The van der Waals surface area contributed by atoms with Crippen LogP contribution < -0.4 is 15.2 Å². The molecule has 24 heteroatoms. The minimum Gasteiger partial charge on any atom is -0.505 e. The maximum Gasteiger partial charge on any atom is 0.361 e. The SMILES string of the molecule is CCOC(=O)c1nc(Br)cc(OC)c1O.COc1cc(Br)nc(C#N)c1O.N#CC(N)c1ccco1.N#Cc1nc(Br)cc(Br)c1O.N#Cc1ncccc1O.O=Cc1ccco1. The summed E-state index contributed by atoms with van der Waals surface area (Å²) in [5.74, 6) is -0.154. The Morgan fingerprint density at radius 1 is 0.778 bits per heavy atom. The van der Waals surface area contributed by atoms with Crippen molar-refractivity contribution in [2.45, 2.75) is 13.0 Å². The highest BCUT2D eigenvalue weighted by molar-refractivity contribution is 9.11. The van der Waals surface area contributed by atoms with E-state index in [4.69, 9.17) is 55.6 Å². The second-order valence-corrected chi connectivity index (χ2v) is 13.8. The maximum absolute atomic E-state index is 11.4. The van der Waals surface area contributed by atoms with Crippen LogP contribution in [0.5, 0.6) is 34.5 Å². The van der Waals surface area contributed by atoms with Crippen LogP contribution in [0.2, 0.25) is 0 Å². The summed E-state index contributed by atoms with van der Waals surface area (Å²) in [6, 6.07) is 20.6. The van der Waals surface area contributed by atoms with E-state index in [9.17, 15) is 19.8 Å². The molecular formula is C39H31Br4N9O11. The highest BCUT2D eigenvalue weighted by Gasteiger charge is 2.19. The zero-order chi connectivity index (χ0) is 47.5. The molecule has 0 aliphatic rings. The predicted octanol–water partition coefficient (Wildman–Crippen LogP) is 7.90. The molecular weight excluding hydrogens is 1090 g/mol. The number of aldehydes is 1. The van der Waals surface area contributed by atoms with Crippen LogP contribution in [-0.2, 0) is 4.74 Å². The lowest BCUT2D eigenvalue weighted by atomic mass is 10.3. The molecule has 0 radical (unpaired) electrons. The third kappa shape index (κ3) is 18.6. The number of aromatic hydroxyl groups is 4. The van der Waals surface area contributed by atoms with Crippen molar-refractivity contribution in [3.8, 4) is 58.8 Å². The van der Waals surface area contributed by atoms with Crippen LogP contribution in [0.3, 0.4) is 0 Å². The fourth-order valence-electron chi connectivity index (χ4n) is 3.63. The van der Waals surface area contributed by atoms with Crippen molar-refractivity contribution in [2.75, 3.05) is 20.8 Å². The summed E-state index contributed by atoms with van der Waals surface area (Å²) in [4.78, 5) is 36.0. The van der Waals surface area contributed by atoms with Gasteiger partial charge in [0.15, 0.2) is 75.4 Å². The van der Waals surface area contributed by atoms with Gasteiger partial charge in [-0.3, -0.25) is 4.79 Å². The number of hydrogen-bond donors (Lipinski definition) is 5. The Bertz CT molecular complexity index is 2570. The molecule has 326 valence electrons. The molecule has 6 N–H and O–H groups in total. The van der Waals surface area contributed by atoms with E-state index in [0.717, 1.165) is 0 Å². The first-order chi connectivity index (χ1) is 30.0. The number of carbonyl (C=O) groups excluding carboxylic acids is 2. The molecule has 0 aromatic carbocycles. The zero-order valence-corrected chi connectivity index (χ0v) is 38.9. The second-order valence-electron chi connectivity index (χ2n) is 10.5. The molecule has 0 saturated heterocycles. The summed E-state index contributed by atoms with van der Waals surface area (Å²) in [7, 11) is 2.79. The molecule has 0 amide bonds. The summed E-state index contributed by atoms with van der Waals surface area (Å²) in [6.07, 6.45) is 5.08. The van der Waals surface area contributed by atoms with Crippen LogP contribution in [0.1, 0.15) is 56.9 Å². The van der Waals surface area contributed by atoms with E-state index in [1.54, 1.807) is 61.5 Å². The van der Waals surface area contributed by atoms with Gasteiger partial charge in [-0.15, -0.1) is 0 Å². The third-order valence-corrected chi connectivity index (χ3v) is 8.25. The molecule has 63 heavy (non-hydrogen) atoms. The van der Waals surface area contributed by atoms with Crippen LogP contribution in [-0.4, -0.2) is 73.4 Å². The summed E-state index contributed by atoms with van der Waals surface area (Å²) in [5.41, 5.74) is 5.14.